The lowest BCUT2D eigenvalue weighted by Crippen LogP contribution is -2.29. The molecular weight excluding hydrogens is 204 g/mol. The van der Waals surface area contributed by atoms with Gasteiger partial charge in [-0.3, -0.25) is 0 Å². The van der Waals surface area contributed by atoms with Crippen molar-refractivity contribution in [1.82, 2.24) is 19.6 Å². The quantitative estimate of drug-likeness (QED) is 0.787. The molecule has 16 heavy (non-hydrogen) atoms. The second kappa shape index (κ2) is 4.44. The lowest BCUT2D eigenvalue weighted by molar-refractivity contribution is 0.693. The van der Waals surface area contributed by atoms with E-state index in [1.165, 1.54) is 6.33 Å². The molecule has 6 heteroatoms. The van der Waals surface area contributed by atoms with Crippen molar-refractivity contribution in [3.8, 4) is 0 Å². The van der Waals surface area contributed by atoms with Crippen LogP contribution in [0.1, 0.15) is 19.0 Å². The third-order valence-electron chi connectivity index (χ3n) is 2.51. The predicted molar refractivity (Wildman–Crippen MR) is 62.3 cm³/mol. The molecule has 0 aromatic carbocycles. The topological polar surface area (TPSA) is 81.1 Å². The summed E-state index contributed by atoms with van der Waals surface area (Å²) in [5, 5.41) is 7.46. The minimum atomic E-state index is 0.245. The van der Waals surface area contributed by atoms with Gasteiger partial charge in [0.2, 0.25) is 0 Å². The van der Waals surface area contributed by atoms with Crippen LogP contribution in [0.4, 0.5) is 5.82 Å². The highest BCUT2D eigenvalue weighted by Crippen LogP contribution is 2.11. The molecule has 0 aliphatic carbocycles. The summed E-state index contributed by atoms with van der Waals surface area (Å²) in [4.78, 5) is 8.34. The molecular formula is C10H16N6. The molecule has 0 fully saturated rings. The third-order valence-corrected chi connectivity index (χ3v) is 2.51. The summed E-state index contributed by atoms with van der Waals surface area (Å²) < 4.78 is 1.69. The second-order valence-electron chi connectivity index (χ2n) is 3.74. The lowest BCUT2D eigenvalue weighted by atomic mass is 10.2. The first-order chi connectivity index (χ1) is 7.74. The Morgan fingerprint density at radius 1 is 1.56 bits per heavy atom. The van der Waals surface area contributed by atoms with Gasteiger partial charge in [-0.25, -0.2) is 4.98 Å². The summed E-state index contributed by atoms with van der Waals surface area (Å²) in [7, 11) is 0. The van der Waals surface area contributed by atoms with E-state index < -0.39 is 0 Å². The van der Waals surface area contributed by atoms with Crippen LogP contribution >= 0.6 is 0 Å². The Labute approximate surface area is 93.9 Å². The summed E-state index contributed by atoms with van der Waals surface area (Å²) in [6, 6.07) is 2.19. The summed E-state index contributed by atoms with van der Waals surface area (Å²) in [5.74, 6) is 1.49. The molecule has 0 aliphatic heterocycles. The van der Waals surface area contributed by atoms with Crippen LogP contribution in [0, 0.1) is 6.92 Å². The van der Waals surface area contributed by atoms with E-state index in [-0.39, 0.29) is 6.04 Å². The summed E-state index contributed by atoms with van der Waals surface area (Å²) in [5.41, 5.74) is 6.58. The molecule has 1 atom stereocenters. The van der Waals surface area contributed by atoms with Crippen molar-refractivity contribution < 1.29 is 0 Å². The number of fused-ring (bicyclic) bond motifs is 1. The zero-order valence-electron chi connectivity index (χ0n) is 9.51. The number of hydrogen-bond acceptors (Lipinski definition) is 5. The highest BCUT2D eigenvalue weighted by atomic mass is 15.4. The molecule has 0 bridgehead atoms. The first-order valence-electron chi connectivity index (χ1n) is 5.38. The van der Waals surface area contributed by atoms with Gasteiger partial charge in [0.05, 0.1) is 0 Å². The van der Waals surface area contributed by atoms with Gasteiger partial charge in [-0.1, -0.05) is 6.92 Å². The first-order valence-corrected chi connectivity index (χ1v) is 5.38. The smallest absolute Gasteiger partial charge is 0.254 e. The molecule has 86 valence electrons. The highest BCUT2D eigenvalue weighted by Gasteiger charge is 2.09. The minimum absolute atomic E-state index is 0.245. The van der Waals surface area contributed by atoms with Crippen LogP contribution in [0.15, 0.2) is 12.4 Å². The van der Waals surface area contributed by atoms with Crippen LogP contribution in [0.5, 0.6) is 0 Å². The van der Waals surface area contributed by atoms with Crippen LogP contribution in [0.2, 0.25) is 0 Å². The van der Waals surface area contributed by atoms with Gasteiger partial charge in [0.15, 0.2) is 0 Å². The Hall–Kier alpha value is -1.69. The van der Waals surface area contributed by atoms with Crippen LogP contribution in [0.25, 0.3) is 5.78 Å². The average Bonchev–Trinajstić information content (AvgIpc) is 2.73. The Balaban J connectivity index is 2.38. The van der Waals surface area contributed by atoms with E-state index in [2.05, 4.69) is 27.3 Å². The largest absolute Gasteiger partial charge is 0.366 e. The molecule has 0 saturated heterocycles. The van der Waals surface area contributed by atoms with Crippen molar-refractivity contribution in [3.05, 3.63) is 18.1 Å². The Bertz CT molecular complexity index is 473. The maximum atomic E-state index is 5.67. The average molecular weight is 220 g/mol. The van der Waals surface area contributed by atoms with Gasteiger partial charge in [0, 0.05) is 24.3 Å². The van der Waals surface area contributed by atoms with E-state index in [1.807, 2.05) is 13.0 Å². The highest BCUT2D eigenvalue weighted by molar-refractivity contribution is 5.45. The fourth-order valence-corrected chi connectivity index (χ4v) is 1.57. The fourth-order valence-electron chi connectivity index (χ4n) is 1.57. The van der Waals surface area contributed by atoms with Crippen molar-refractivity contribution in [2.24, 2.45) is 5.73 Å². The van der Waals surface area contributed by atoms with Gasteiger partial charge in [0.1, 0.15) is 12.1 Å². The van der Waals surface area contributed by atoms with E-state index in [4.69, 9.17) is 5.73 Å². The summed E-state index contributed by atoms with van der Waals surface area (Å²) in [6.45, 7) is 4.62. The van der Waals surface area contributed by atoms with Crippen LogP contribution in [0.3, 0.4) is 0 Å². The number of nitrogens with two attached hydrogens (primary N) is 1. The minimum Gasteiger partial charge on any atom is -0.366 e. The van der Waals surface area contributed by atoms with Crippen molar-refractivity contribution >= 4 is 11.6 Å². The molecule has 2 heterocycles. The summed E-state index contributed by atoms with van der Waals surface area (Å²) in [6.07, 6.45) is 2.46. The van der Waals surface area contributed by atoms with Gasteiger partial charge in [-0.2, -0.15) is 14.6 Å². The second-order valence-corrected chi connectivity index (χ2v) is 3.74. The van der Waals surface area contributed by atoms with Crippen LogP contribution in [-0.2, 0) is 0 Å². The monoisotopic (exact) mass is 220 g/mol. The fraction of sp³-hybridized carbons (Fsp3) is 0.500. The number of nitrogens with zero attached hydrogens (tertiary/aromatic N) is 4. The van der Waals surface area contributed by atoms with Gasteiger partial charge < -0.3 is 11.1 Å². The van der Waals surface area contributed by atoms with E-state index in [9.17, 15) is 0 Å². The van der Waals surface area contributed by atoms with Gasteiger partial charge in [-0.05, 0) is 13.3 Å². The molecule has 0 radical (unpaired) electrons. The van der Waals surface area contributed by atoms with Gasteiger partial charge in [-0.15, -0.1) is 0 Å². The molecule has 0 amide bonds. The number of aromatic nitrogens is 4. The molecule has 2 aromatic rings. The van der Waals surface area contributed by atoms with Crippen molar-refractivity contribution in [1.29, 1.82) is 0 Å². The van der Waals surface area contributed by atoms with Crippen LogP contribution < -0.4 is 11.1 Å². The maximum Gasteiger partial charge on any atom is 0.254 e. The number of aryl methyl sites for hydroxylation is 1. The normalized spacial score (nSPS) is 12.9. The van der Waals surface area contributed by atoms with E-state index >= 15 is 0 Å². The molecule has 2 aromatic heterocycles. The van der Waals surface area contributed by atoms with Gasteiger partial charge >= 0.3 is 0 Å². The van der Waals surface area contributed by atoms with E-state index in [0.29, 0.717) is 12.3 Å². The summed E-state index contributed by atoms with van der Waals surface area (Å²) >= 11 is 0. The maximum absolute atomic E-state index is 5.67. The molecule has 3 N–H and O–H groups in total. The van der Waals surface area contributed by atoms with Gasteiger partial charge in [0.25, 0.3) is 5.78 Å². The van der Waals surface area contributed by atoms with E-state index in [1.54, 1.807) is 4.52 Å². The standard InChI is InChI=1S/C10H16N6/c1-3-8(5-11)15-9-4-7(2)14-10-12-6-13-16(9)10/h4,6,8,15H,3,5,11H2,1-2H3. The molecule has 0 spiro atoms. The Morgan fingerprint density at radius 3 is 3.06 bits per heavy atom. The SMILES string of the molecule is CCC(CN)Nc1cc(C)nc2ncnn12. The van der Waals surface area contributed by atoms with Crippen LogP contribution in [-0.4, -0.2) is 32.2 Å². The number of hydrogen-bond donors (Lipinski definition) is 2. The molecule has 0 saturated carbocycles. The van der Waals surface area contributed by atoms with Crippen molar-refractivity contribution in [2.75, 3.05) is 11.9 Å². The van der Waals surface area contributed by atoms with Crippen molar-refractivity contribution in [2.45, 2.75) is 26.3 Å². The third kappa shape index (κ3) is 1.96. The molecule has 0 aliphatic rings. The molecule has 1 unspecified atom stereocenters. The first kappa shape index (κ1) is 10.8. The van der Waals surface area contributed by atoms with E-state index in [0.717, 1.165) is 17.9 Å². The zero-order chi connectivity index (χ0) is 11.5. The number of anilines is 1. The lowest BCUT2D eigenvalue weighted by Gasteiger charge is -2.16. The molecule has 2 rings (SSSR count). The Morgan fingerprint density at radius 2 is 2.38 bits per heavy atom. The number of nitrogens with one attached hydrogen (secondary N) is 1. The zero-order valence-corrected chi connectivity index (χ0v) is 9.51. The molecule has 6 nitrogen and oxygen atoms in total. The predicted octanol–water partition coefficient (Wildman–Crippen LogP) is 0.582. The number of rotatable bonds is 4. The van der Waals surface area contributed by atoms with Crippen molar-refractivity contribution in [3.63, 3.8) is 0 Å². The Kier molecular flexibility index (Phi) is 3.00.